The lowest BCUT2D eigenvalue weighted by Crippen LogP contribution is -2.32. The van der Waals surface area contributed by atoms with Crippen molar-refractivity contribution in [3.8, 4) is 11.5 Å². The molecule has 0 heterocycles. The molecule has 0 spiro atoms. The highest BCUT2D eigenvalue weighted by atomic mass is 19.4. The molecule has 2 amide bonds. The summed E-state index contributed by atoms with van der Waals surface area (Å²) < 4.78 is 47.8. The minimum absolute atomic E-state index is 0.235. The molecule has 2 N–H and O–H groups in total. The zero-order valence-corrected chi connectivity index (χ0v) is 13.4. The van der Waals surface area contributed by atoms with Gasteiger partial charge in [-0.25, -0.2) is 4.79 Å². The van der Waals surface area contributed by atoms with E-state index in [0.717, 1.165) is 12.1 Å². The van der Waals surface area contributed by atoms with Crippen molar-refractivity contribution in [1.82, 2.24) is 5.32 Å². The topological polar surface area (TPSA) is 59.6 Å². The van der Waals surface area contributed by atoms with Crippen molar-refractivity contribution in [3.05, 3.63) is 54.1 Å². The Morgan fingerprint density at radius 2 is 1.60 bits per heavy atom. The highest BCUT2D eigenvalue weighted by molar-refractivity contribution is 5.89. The highest BCUT2D eigenvalue weighted by Crippen LogP contribution is 2.29. The Balaban J connectivity index is 1.71. The van der Waals surface area contributed by atoms with Crippen LogP contribution in [0.4, 0.5) is 23.7 Å². The van der Waals surface area contributed by atoms with Crippen LogP contribution in [0.5, 0.6) is 11.5 Å². The number of carbonyl (C=O) groups excluding carboxylic acids is 1. The lowest BCUT2D eigenvalue weighted by Gasteiger charge is -2.10. The maximum Gasteiger partial charge on any atom is 0.416 e. The van der Waals surface area contributed by atoms with Crippen molar-refractivity contribution >= 4 is 11.7 Å². The minimum Gasteiger partial charge on any atom is -0.497 e. The van der Waals surface area contributed by atoms with Crippen LogP contribution in [0.15, 0.2) is 48.5 Å². The highest BCUT2D eigenvalue weighted by Gasteiger charge is 2.29. The Kier molecular flexibility index (Phi) is 6.10. The first-order valence-electron chi connectivity index (χ1n) is 7.37. The van der Waals surface area contributed by atoms with Gasteiger partial charge in [0.2, 0.25) is 0 Å². The molecule has 2 rings (SSSR count). The lowest BCUT2D eigenvalue weighted by atomic mass is 10.2. The standard InChI is InChI=1S/C17H17F3N2O3/c1-24-14-6-8-15(9-7-14)25-11-10-21-16(23)22-13-4-2-12(3-5-13)17(18,19)20/h2-9H,10-11H2,1H3,(H2,21,22,23). The van der Waals surface area contributed by atoms with Crippen molar-refractivity contribution in [1.29, 1.82) is 0 Å². The van der Waals surface area contributed by atoms with Crippen LogP contribution in [0.1, 0.15) is 5.56 Å². The van der Waals surface area contributed by atoms with Gasteiger partial charge >= 0.3 is 12.2 Å². The molecule has 2 aromatic rings. The predicted molar refractivity (Wildman–Crippen MR) is 87.0 cm³/mol. The molecule has 0 radical (unpaired) electrons. The molecule has 0 aliphatic rings. The van der Waals surface area contributed by atoms with Gasteiger partial charge in [-0.15, -0.1) is 0 Å². The SMILES string of the molecule is COc1ccc(OCCNC(=O)Nc2ccc(C(F)(F)F)cc2)cc1. The zero-order valence-electron chi connectivity index (χ0n) is 13.4. The summed E-state index contributed by atoms with van der Waals surface area (Å²) >= 11 is 0. The molecule has 25 heavy (non-hydrogen) atoms. The molecule has 0 aromatic heterocycles. The number of methoxy groups -OCH3 is 1. The Bertz CT molecular complexity index is 686. The number of halogens is 3. The van der Waals surface area contributed by atoms with Crippen LogP contribution < -0.4 is 20.1 Å². The van der Waals surface area contributed by atoms with Crippen molar-refractivity contribution in [3.63, 3.8) is 0 Å². The fraction of sp³-hybridized carbons (Fsp3) is 0.235. The van der Waals surface area contributed by atoms with Gasteiger partial charge < -0.3 is 20.1 Å². The maximum absolute atomic E-state index is 12.4. The van der Waals surface area contributed by atoms with Gasteiger partial charge in [-0.05, 0) is 48.5 Å². The molecule has 0 aliphatic heterocycles. The summed E-state index contributed by atoms with van der Waals surface area (Å²) in [5.74, 6) is 1.34. The third kappa shape index (κ3) is 5.91. The number of hydrogen-bond acceptors (Lipinski definition) is 3. The molecule has 134 valence electrons. The first-order valence-corrected chi connectivity index (χ1v) is 7.37. The van der Waals surface area contributed by atoms with Crippen LogP contribution in [0.2, 0.25) is 0 Å². The van der Waals surface area contributed by atoms with Gasteiger partial charge in [0.25, 0.3) is 0 Å². The van der Waals surface area contributed by atoms with E-state index >= 15 is 0 Å². The van der Waals surface area contributed by atoms with Crippen molar-refractivity contribution < 1.29 is 27.4 Å². The summed E-state index contributed by atoms with van der Waals surface area (Å²) in [6.45, 7) is 0.477. The fourth-order valence-corrected chi connectivity index (χ4v) is 1.92. The first kappa shape index (κ1) is 18.4. The van der Waals surface area contributed by atoms with E-state index in [4.69, 9.17) is 9.47 Å². The number of amides is 2. The molecule has 0 aliphatic carbocycles. The first-order chi connectivity index (χ1) is 11.9. The van der Waals surface area contributed by atoms with Gasteiger partial charge in [0.1, 0.15) is 18.1 Å². The molecule has 0 bridgehead atoms. The summed E-state index contributed by atoms with van der Waals surface area (Å²) in [6.07, 6.45) is -4.40. The minimum atomic E-state index is -4.40. The largest absolute Gasteiger partial charge is 0.497 e. The van der Waals surface area contributed by atoms with Crippen LogP contribution in [0.25, 0.3) is 0 Å². The molecule has 0 fully saturated rings. The molecule has 0 atom stereocenters. The van der Waals surface area contributed by atoms with Crippen LogP contribution in [0, 0.1) is 0 Å². The summed E-state index contributed by atoms with van der Waals surface area (Å²) in [4.78, 5) is 11.7. The van der Waals surface area contributed by atoms with Gasteiger partial charge in [-0.2, -0.15) is 13.2 Å². The third-order valence-corrected chi connectivity index (χ3v) is 3.19. The number of carbonyl (C=O) groups is 1. The predicted octanol–water partition coefficient (Wildman–Crippen LogP) is 3.91. The molecule has 2 aromatic carbocycles. The summed E-state index contributed by atoms with van der Waals surface area (Å²) in [6, 6.07) is 10.6. The number of anilines is 1. The van der Waals surface area contributed by atoms with E-state index in [1.165, 1.54) is 12.1 Å². The third-order valence-electron chi connectivity index (χ3n) is 3.19. The zero-order chi connectivity index (χ0) is 18.3. The second-order valence-electron chi connectivity index (χ2n) is 4.98. The van der Waals surface area contributed by atoms with E-state index in [-0.39, 0.29) is 18.8 Å². The normalized spacial score (nSPS) is 10.9. The number of urea groups is 1. The van der Waals surface area contributed by atoms with E-state index in [1.54, 1.807) is 31.4 Å². The number of benzene rings is 2. The lowest BCUT2D eigenvalue weighted by molar-refractivity contribution is -0.137. The number of hydrogen-bond donors (Lipinski definition) is 2. The van der Waals surface area contributed by atoms with Crippen LogP contribution in [0.3, 0.4) is 0 Å². The average Bonchev–Trinajstić information content (AvgIpc) is 2.59. The molecular weight excluding hydrogens is 337 g/mol. The van der Waals surface area contributed by atoms with Gasteiger partial charge in [-0.3, -0.25) is 0 Å². The second kappa shape index (κ2) is 8.27. The number of nitrogens with one attached hydrogen (secondary N) is 2. The van der Waals surface area contributed by atoms with Crippen molar-refractivity contribution in [2.75, 3.05) is 25.6 Å². The van der Waals surface area contributed by atoms with E-state index in [1.807, 2.05) is 0 Å². The van der Waals surface area contributed by atoms with Gasteiger partial charge in [0.05, 0.1) is 19.2 Å². The molecule has 0 saturated carbocycles. The second-order valence-corrected chi connectivity index (χ2v) is 4.98. The average molecular weight is 354 g/mol. The molecule has 0 unspecified atom stereocenters. The smallest absolute Gasteiger partial charge is 0.416 e. The molecular formula is C17H17F3N2O3. The van der Waals surface area contributed by atoms with Crippen molar-refractivity contribution in [2.45, 2.75) is 6.18 Å². The van der Waals surface area contributed by atoms with Crippen molar-refractivity contribution in [2.24, 2.45) is 0 Å². The Morgan fingerprint density at radius 1 is 1.00 bits per heavy atom. The fourth-order valence-electron chi connectivity index (χ4n) is 1.92. The van der Waals surface area contributed by atoms with Crippen LogP contribution >= 0.6 is 0 Å². The maximum atomic E-state index is 12.4. The molecule has 8 heteroatoms. The van der Waals surface area contributed by atoms with Gasteiger partial charge in [-0.1, -0.05) is 0 Å². The number of ether oxygens (including phenoxy) is 2. The summed E-state index contributed by atoms with van der Waals surface area (Å²) in [5, 5.41) is 4.99. The number of alkyl halides is 3. The van der Waals surface area contributed by atoms with E-state index in [0.29, 0.717) is 11.5 Å². The monoisotopic (exact) mass is 354 g/mol. The van der Waals surface area contributed by atoms with E-state index < -0.39 is 17.8 Å². The van der Waals surface area contributed by atoms with E-state index in [9.17, 15) is 18.0 Å². The van der Waals surface area contributed by atoms with Gasteiger partial charge in [0.15, 0.2) is 0 Å². The Labute approximate surface area is 142 Å². The number of rotatable bonds is 6. The summed E-state index contributed by atoms with van der Waals surface area (Å²) in [5.41, 5.74) is -0.507. The molecule has 5 nitrogen and oxygen atoms in total. The van der Waals surface area contributed by atoms with Crippen LogP contribution in [-0.2, 0) is 6.18 Å². The summed E-state index contributed by atoms with van der Waals surface area (Å²) in [7, 11) is 1.56. The Hall–Kier alpha value is -2.90. The van der Waals surface area contributed by atoms with Crippen LogP contribution in [-0.4, -0.2) is 26.3 Å². The Morgan fingerprint density at radius 3 is 2.16 bits per heavy atom. The molecule has 0 saturated heterocycles. The quantitative estimate of drug-likeness (QED) is 0.773. The van der Waals surface area contributed by atoms with Gasteiger partial charge in [0, 0.05) is 5.69 Å². The van der Waals surface area contributed by atoms with E-state index in [2.05, 4.69) is 10.6 Å².